The first-order chi connectivity index (χ1) is 12.8. The number of benzene rings is 3. The molecule has 0 bridgehead atoms. The van der Waals surface area contributed by atoms with Gasteiger partial charge in [0.05, 0.1) is 4.90 Å². The lowest BCUT2D eigenvalue weighted by Crippen LogP contribution is -2.01. The minimum absolute atomic E-state index is 0.239. The highest BCUT2D eigenvalue weighted by molar-refractivity contribution is 7.85. The number of phenols is 1. The second-order valence-corrected chi connectivity index (χ2v) is 7.42. The molecule has 0 aliphatic carbocycles. The number of hydrogen-bond donors (Lipinski definition) is 3. The van der Waals surface area contributed by atoms with Crippen LogP contribution in [0.5, 0.6) is 5.75 Å². The lowest BCUT2D eigenvalue weighted by Gasteiger charge is -2.12. The monoisotopic (exact) mass is 384 g/mol. The molecule has 3 aromatic carbocycles. The summed E-state index contributed by atoms with van der Waals surface area (Å²) < 4.78 is 31.4. The normalized spacial score (nSPS) is 11.3. The van der Waals surface area contributed by atoms with Gasteiger partial charge in [0, 0.05) is 6.42 Å². The lowest BCUT2D eigenvalue weighted by atomic mass is 9.95. The third kappa shape index (κ3) is 4.16. The maximum absolute atomic E-state index is 11.5. The van der Waals surface area contributed by atoms with Crippen molar-refractivity contribution in [3.63, 3.8) is 0 Å². The number of carbonyl (C=O) groups is 1. The van der Waals surface area contributed by atoms with Crippen molar-refractivity contribution in [3.8, 4) is 16.9 Å². The van der Waals surface area contributed by atoms with E-state index in [0.29, 0.717) is 23.1 Å². The van der Waals surface area contributed by atoms with Crippen LogP contribution in [0, 0.1) is 0 Å². The van der Waals surface area contributed by atoms with Gasteiger partial charge in [-0.2, -0.15) is 8.42 Å². The second kappa shape index (κ2) is 7.22. The summed E-state index contributed by atoms with van der Waals surface area (Å²) in [7, 11) is -4.31. The van der Waals surface area contributed by atoms with Gasteiger partial charge in [0.25, 0.3) is 10.1 Å². The van der Waals surface area contributed by atoms with Crippen molar-refractivity contribution in [2.45, 2.75) is 11.3 Å². The minimum Gasteiger partial charge on any atom is -0.507 e. The Hall–Kier alpha value is -3.16. The molecule has 3 rings (SSSR count). The molecule has 0 spiro atoms. The van der Waals surface area contributed by atoms with E-state index in [1.165, 1.54) is 30.3 Å². The third-order valence-electron chi connectivity index (χ3n) is 4.14. The van der Waals surface area contributed by atoms with E-state index in [2.05, 4.69) is 0 Å². The molecule has 0 aliphatic rings. The molecule has 0 amide bonds. The molecule has 3 aromatic rings. The van der Waals surface area contributed by atoms with Gasteiger partial charge in [0.2, 0.25) is 0 Å². The van der Waals surface area contributed by atoms with E-state index in [1.807, 2.05) is 30.3 Å². The zero-order chi connectivity index (χ0) is 19.6. The molecule has 0 saturated heterocycles. The summed E-state index contributed by atoms with van der Waals surface area (Å²) >= 11 is 0. The first-order valence-corrected chi connectivity index (χ1v) is 9.41. The second-order valence-electron chi connectivity index (χ2n) is 6.00. The van der Waals surface area contributed by atoms with E-state index in [-0.39, 0.29) is 16.2 Å². The minimum atomic E-state index is -4.31. The van der Waals surface area contributed by atoms with Crippen molar-refractivity contribution in [2.75, 3.05) is 0 Å². The van der Waals surface area contributed by atoms with Crippen molar-refractivity contribution in [3.05, 3.63) is 83.4 Å². The molecule has 0 saturated carbocycles. The highest BCUT2D eigenvalue weighted by atomic mass is 32.2. The SMILES string of the molecule is O=C(O)c1cc(-c2ccc(S(=O)(=O)O)cc2)cc(Cc2ccccc2)c1O. The Labute approximate surface area is 156 Å². The average Bonchev–Trinajstić information content (AvgIpc) is 2.63. The van der Waals surface area contributed by atoms with Crippen LogP contribution in [0.1, 0.15) is 21.5 Å². The van der Waals surface area contributed by atoms with Crippen molar-refractivity contribution >= 4 is 16.1 Å². The average molecular weight is 384 g/mol. The topological polar surface area (TPSA) is 112 Å². The smallest absolute Gasteiger partial charge is 0.339 e. The Morgan fingerprint density at radius 3 is 2.07 bits per heavy atom. The molecule has 0 heterocycles. The first kappa shape index (κ1) is 18.6. The van der Waals surface area contributed by atoms with E-state index >= 15 is 0 Å². The van der Waals surface area contributed by atoms with Gasteiger partial charge in [-0.3, -0.25) is 4.55 Å². The van der Waals surface area contributed by atoms with Crippen LogP contribution in [0.15, 0.2) is 71.6 Å². The molecule has 138 valence electrons. The lowest BCUT2D eigenvalue weighted by molar-refractivity contribution is 0.0693. The van der Waals surface area contributed by atoms with Crippen molar-refractivity contribution in [1.82, 2.24) is 0 Å². The largest absolute Gasteiger partial charge is 0.507 e. The predicted molar refractivity (Wildman–Crippen MR) is 99.6 cm³/mol. The molecule has 0 atom stereocenters. The fraction of sp³-hybridized carbons (Fsp3) is 0.0500. The van der Waals surface area contributed by atoms with Crippen LogP contribution in [0.4, 0.5) is 0 Å². The predicted octanol–water partition coefficient (Wildman–Crippen LogP) is 3.59. The van der Waals surface area contributed by atoms with Crippen LogP contribution < -0.4 is 0 Å². The zero-order valence-corrected chi connectivity index (χ0v) is 14.8. The van der Waals surface area contributed by atoms with Gasteiger partial charge in [-0.15, -0.1) is 0 Å². The van der Waals surface area contributed by atoms with Crippen LogP contribution in [0.2, 0.25) is 0 Å². The van der Waals surface area contributed by atoms with E-state index in [0.717, 1.165) is 5.56 Å². The fourth-order valence-corrected chi connectivity index (χ4v) is 3.27. The molecule has 3 N–H and O–H groups in total. The highest BCUT2D eigenvalue weighted by Gasteiger charge is 2.17. The number of aromatic carboxylic acids is 1. The van der Waals surface area contributed by atoms with Gasteiger partial charge in [0.15, 0.2) is 0 Å². The van der Waals surface area contributed by atoms with Crippen molar-refractivity contribution in [1.29, 1.82) is 0 Å². The van der Waals surface area contributed by atoms with Gasteiger partial charge in [0.1, 0.15) is 11.3 Å². The number of carboxylic acids is 1. The summed E-state index contributed by atoms with van der Waals surface area (Å²) in [5.41, 5.74) is 2.17. The summed E-state index contributed by atoms with van der Waals surface area (Å²) in [5, 5.41) is 19.8. The molecule has 6 nitrogen and oxygen atoms in total. The Balaban J connectivity index is 2.09. The number of hydrogen-bond acceptors (Lipinski definition) is 4. The van der Waals surface area contributed by atoms with Gasteiger partial charge in [-0.05, 0) is 46.5 Å². The summed E-state index contributed by atoms with van der Waals surface area (Å²) in [5.74, 6) is -1.57. The van der Waals surface area contributed by atoms with Crippen molar-refractivity contribution in [2.24, 2.45) is 0 Å². The van der Waals surface area contributed by atoms with Gasteiger partial charge in [-0.1, -0.05) is 42.5 Å². The maximum Gasteiger partial charge on any atom is 0.339 e. The van der Waals surface area contributed by atoms with Gasteiger partial charge in [-0.25, -0.2) is 4.79 Å². The standard InChI is InChI=1S/C20H16O6S/c21-19-16(10-13-4-2-1-3-5-13)11-15(12-18(19)20(22)23)14-6-8-17(9-7-14)27(24,25)26/h1-9,11-12,21H,10H2,(H,22,23)(H,24,25,26). The van der Waals surface area contributed by atoms with Crippen LogP contribution in [0.25, 0.3) is 11.1 Å². The molecule has 0 aliphatic heterocycles. The van der Waals surface area contributed by atoms with Crippen molar-refractivity contribution < 1.29 is 28.0 Å². The van der Waals surface area contributed by atoms with Crippen LogP contribution in [0.3, 0.4) is 0 Å². The number of aromatic hydroxyl groups is 1. The summed E-state index contributed by atoms with van der Waals surface area (Å²) in [6.45, 7) is 0. The molecule has 0 aromatic heterocycles. The Morgan fingerprint density at radius 1 is 0.889 bits per heavy atom. The molecular formula is C20H16O6S. The van der Waals surface area contributed by atoms with Gasteiger partial charge >= 0.3 is 5.97 Å². The maximum atomic E-state index is 11.5. The summed E-state index contributed by atoms with van der Waals surface area (Å²) in [4.78, 5) is 11.3. The molecule has 27 heavy (non-hydrogen) atoms. The molecule has 7 heteroatoms. The fourth-order valence-electron chi connectivity index (χ4n) is 2.79. The number of carboxylic acid groups (broad SMARTS) is 1. The summed E-state index contributed by atoms with van der Waals surface area (Å²) in [6, 6.07) is 17.7. The zero-order valence-electron chi connectivity index (χ0n) is 14.0. The van der Waals surface area contributed by atoms with Gasteiger partial charge < -0.3 is 10.2 Å². The molecule has 0 unspecified atom stereocenters. The third-order valence-corrected chi connectivity index (χ3v) is 5.01. The number of rotatable bonds is 5. The van der Waals surface area contributed by atoms with E-state index in [9.17, 15) is 23.4 Å². The quantitative estimate of drug-likeness (QED) is 0.580. The van der Waals surface area contributed by atoms with Crippen LogP contribution in [-0.4, -0.2) is 29.2 Å². The van der Waals surface area contributed by atoms with E-state index in [4.69, 9.17) is 4.55 Å². The first-order valence-electron chi connectivity index (χ1n) is 7.97. The van der Waals surface area contributed by atoms with E-state index in [1.54, 1.807) is 6.07 Å². The molecule has 0 fully saturated rings. The Morgan fingerprint density at radius 2 is 1.52 bits per heavy atom. The Bertz CT molecular complexity index is 1090. The summed E-state index contributed by atoms with van der Waals surface area (Å²) in [6.07, 6.45) is 0.337. The van der Waals surface area contributed by atoms with Crippen LogP contribution in [-0.2, 0) is 16.5 Å². The molecule has 0 radical (unpaired) electrons. The molecular weight excluding hydrogens is 368 g/mol. The van der Waals surface area contributed by atoms with E-state index < -0.39 is 16.1 Å². The highest BCUT2D eigenvalue weighted by Crippen LogP contribution is 2.32. The van der Waals surface area contributed by atoms with Crippen LogP contribution >= 0.6 is 0 Å². The Kier molecular flexibility index (Phi) is 4.98.